The average molecular weight is 583 g/mol. The van der Waals surface area contributed by atoms with Gasteiger partial charge in [-0.05, 0) is 79.4 Å². The number of carbonyl (C=O) groups is 2. The maximum Gasteiger partial charge on any atom is 0.264 e. The Kier molecular flexibility index (Phi) is 9.54. The molecule has 2 N–H and O–H groups in total. The molecule has 0 unspecified atom stereocenters. The number of nitrogens with one attached hydrogen (secondary N) is 2. The molecule has 4 rings (SSSR count). The molecule has 0 bridgehead atoms. The van der Waals surface area contributed by atoms with E-state index in [4.69, 9.17) is 0 Å². The molecule has 0 aliphatic carbocycles. The Labute approximate surface area is 247 Å². The molecule has 9 heteroatoms. The van der Waals surface area contributed by atoms with Gasteiger partial charge < -0.3 is 5.32 Å². The SMILES string of the molecule is C/C(=N/NC(=O)CN(c1ccc(C(C)C)cc1)S(=O)(=O)c1ccc(C)cc1)c1cccc(NC(=O)c2ccccc2)c1. The van der Waals surface area contributed by atoms with Crippen molar-refractivity contribution in [3.8, 4) is 0 Å². The average Bonchev–Trinajstić information content (AvgIpc) is 2.99. The van der Waals surface area contributed by atoms with Crippen molar-refractivity contribution in [3.05, 3.63) is 125 Å². The molecular weight excluding hydrogens is 548 g/mol. The first-order valence-corrected chi connectivity index (χ1v) is 15.0. The number of benzene rings is 4. The summed E-state index contributed by atoms with van der Waals surface area (Å²) in [4.78, 5) is 25.7. The van der Waals surface area contributed by atoms with E-state index < -0.39 is 22.5 Å². The Morgan fingerprint density at radius 2 is 1.48 bits per heavy atom. The quantitative estimate of drug-likeness (QED) is 0.174. The van der Waals surface area contributed by atoms with Gasteiger partial charge in [0.1, 0.15) is 6.54 Å². The van der Waals surface area contributed by atoms with Crippen molar-refractivity contribution in [2.24, 2.45) is 5.10 Å². The van der Waals surface area contributed by atoms with Crippen LogP contribution in [0.1, 0.15) is 53.7 Å². The first-order chi connectivity index (χ1) is 20.0. The number of rotatable bonds is 10. The Morgan fingerprint density at radius 1 is 0.833 bits per heavy atom. The topological polar surface area (TPSA) is 108 Å². The Morgan fingerprint density at radius 3 is 2.12 bits per heavy atom. The van der Waals surface area contributed by atoms with Crippen LogP contribution in [-0.4, -0.2) is 32.5 Å². The number of carbonyl (C=O) groups excluding carboxylic acids is 2. The fraction of sp³-hybridized carbons (Fsp3) is 0.182. The molecule has 42 heavy (non-hydrogen) atoms. The monoisotopic (exact) mass is 582 g/mol. The summed E-state index contributed by atoms with van der Waals surface area (Å²) in [5, 5.41) is 7.06. The van der Waals surface area contributed by atoms with Crippen LogP contribution in [0.4, 0.5) is 11.4 Å². The summed E-state index contributed by atoms with van der Waals surface area (Å²) < 4.78 is 28.4. The molecule has 0 aliphatic heterocycles. The second-order valence-electron chi connectivity index (χ2n) is 10.2. The molecule has 0 heterocycles. The van der Waals surface area contributed by atoms with Gasteiger partial charge in [0.2, 0.25) is 0 Å². The van der Waals surface area contributed by atoms with Gasteiger partial charge in [-0.2, -0.15) is 5.10 Å². The lowest BCUT2D eigenvalue weighted by molar-refractivity contribution is -0.119. The van der Waals surface area contributed by atoms with Crippen LogP contribution in [0, 0.1) is 6.92 Å². The standard InChI is InChI=1S/C33H34N4O4S/c1-23(2)26-15-17-30(18-16-26)37(42(40,41)31-19-13-24(3)14-20-31)22-32(38)36-35-25(4)28-11-8-12-29(21-28)34-33(39)27-9-6-5-7-10-27/h5-21,23H,22H2,1-4H3,(H,34,39)(H,36,38)/b35-25-. The first-order valence-electron chi connectivity index (χ1n) is 13.5. The molecule has 216 valence electrons. The number of hydrogen-bond acceptors (Lipinski definition) is 5. The molecule has 0 aliphatic rings. The third kappa shape index (κ3) is 7.50. The molecule has 2 amide bonds. The maximum absolute atomic E-state index is 13.7. The Bertz CT molecular complexity index is 1680. The molecular formula is C33H34N4O4S. The highest BCUT2D eigenvalue weighted by Crippen LogP contribution is 2.26. The van der Waals surface area contributed by atoms with Gasteiger partial charge in [0.25, 0.3) is 21.8 Å². The Hall–Kier alpha value is -4.76. The summed E-state index contributed by atoms with van der Waals surface area (Å²) in [7, 11) is -4.05. The molecule has 4 aromatic carbocycles. The molecule has 0 radical (unpaired) electrons. The number of sulfonamides is 1. The van der Waals surface area contributed by atoms with Crippen LogP contribution in [0.5, 0.6) is 0 Å². The van der Waals surface area contributed by atoms with Gasteiger partial charge >= 0.3 is 0 Å². The van der Waals surface area contributed by atoms with Gasteiger partial charge in [0.15, 0.2) is 0 Å². The van der Waals surface area contributed by atoms with Crippen molar-refractivity contribution in [1.82, 2.24) is 5.43 Å². The molecule has 0 aromatic heterocycles. The lowest BCUT2D eigenvalue weighted by atomic mass is 10.0. The van der Waals surface area contributed by atoms with E-state index in [1.807, 2.05) is 25.1 Å². The zero-order valence-corrected chi connectivity index (χ0v) is 24.9. The van der Waals surface area contributed by atoms with Crippen molar-refractivity contribution in [1.29, 1.82) is 0 Å². The minimum Gasteiger partial charge on any atom is -0.322 e. The van der Waals surface area contributed by atoms with Gasteiger partial charge in [0, 0.05) is 11.3 Å². The van der Waals surface area contributed by atoms with Crippen LogP contribution in [-0.2, 0) is 14.8 Å². The normalized spacial score (nSPS) is 11.7. The number of hydrogen-bond donors (Lipinski definition) is 2. The smallest absolute Gasteiger partial charge is 0.264 e. The second kappa shape index (κ2) is 13.3. The molecule has 4 aromatic rings. The summed E-state index contributed by atoms with van der Waals surface area (Å²) in [5.74, 6) is -0.578. The highest BCUT2D eigenvalue weighted by molar-refractivity contribution is 7.92. The van der Waals surface area contributed by atoms with Crippen molar-refractivity contribution in [3.63, 3.8) is 0 Å². The third-order valence-electron chi connectivity index (χ3n) is 6.67. The van der Waals surface area contributed by atoms with E-state index >= 15 is 0 Å². The highest BCUT2D eigenvalue weighted by atomic mass is 32.2. The number of hydrazone groups is 1. The summed E-state index contributed by atoms with van der Waals surface area (Å²) in [6.07, 6.45) is 0. The number of amides is 2. The van der Waals surface area contributed by atoms with E-state index in [1.54, 1.807) is 79.7 Å². The maximum atomic E-state index is 13.7. The summed E-state index contributed by atoms with van der Waals surface area (Å²) in [6.45, 7) is 7.22. The predicted molar refractivity (Wildman–Crippen MR) is 167 cm³/mol. The minimum atomic E-state index is -4.05. The van der Waals surface area contributed by atoms with E-state index in [0.717, 1.165) is 15.4 Å². The van der Waals surface area contributed by atoms with E-state index in [2.05, 4.69) is 29.7 Å². The molecule has 0 fully saturated rings. The van der Waals surface area contributed by atoms with Gasteiger partial charge in [-0.25, -0.2) is 13.8 Å². The van der Waals surface area contributed by atoms with Crippen LogP contribution >= 0.6 is 0 Å². The van der Waals surface area contributed by atoms with Crippen LogP contribution < -0.4 is 15.0 Å². The van der Waals surface area contributed by atoms with E-state index in [9.17, 15) is 18.0 Å². The lowest BCUT2D eigenvalue weighted by Gasteiger charge is -2.24. The molecule has 8 nitrogen and oxygen atoms in total. The Balaban J connectivity index is 1.52. The zero-order valence-electron chi connectivity index (χ0n) is 24.0. The molecule has 0 atom stereocenters. The third-order valence-corrected chi connectivity index (χ3v) is 8.45. The largest absolute Gasteiger partial charge is 0.322 e. The summed E-state index contributed by atoms with van der Waals surface area (Å²) in [5.41, 5.74) is 7.10. The fourth-order valence-electron chi connectivity index (χ4n) is 4.17. The lowest BCUT2D eigenvalue weighted by Crippen LogP contribution is -2.39. The van der Waals surface area contributed by atoms with Gasteiger partial charge in [-0.1, -0.05) is 74.0 Å². The number of anilines is 2. The summed E-state index contributed by atoms with van der Waals surface area (Å²) in [6, 6.07) is 29.6. The fourth-order valence-corrected chi connectivity index (χ4v) is 5.59. The van der Waals surface area contributed by atoms with Crippen molar-refractivity contribution >= 4 is 38.9 Å². The van der Waals surface area contributed by atoms with Crippen molar-refractivity contribution in [2.45, 2.75) is 38.5 Å². The predicted octanol–water partition coefficient (Wildman–Crippen LogP) is 6.11. The van der Waals surface area contributed by atoms with Crippen LogP contribution in [0.3, 0.4) is 0 Å². The van der Waals surface area contributed by atoms with Gasteiger partial charge in [-0.15, -0.1) is 0 Å². The molecule has 0 saturated heterocycles. The molecule has 0 spiro atoms. The van der Waals surface area contributed by atoms with E-state index in [1.165, 1.54) is 12.1 Å². The highest BCUT2D eigenvalue weighted by Gasteiger charge is 2.27. The number of aryl methyl sites for hydroxylation is 1. The zero-order chi connectivity index (χ0) is 30.3. The van der Waals surface area contributed by atoms with Crippen molar-refractivity contribution < 1.29 is 18.0 Å². The van der Waals surface area contributed by atoms with Crippen LogP contribution in [0.15, 0.2) is 113 Å². The van der Waals surface area contributed by atoms with Gasteiger partial charge in [0.05, 0.1) is 16.3 Å². The molecule has 0 saturated carbocycles. The van der Waals surface area contributed by atoms with Crippen LogP contribution in [0.25, 0.3) is 0 Å². The minimum absolute atomic E-state index is 0.0860. The van der Waals surface area contributed by atoms with Crippen molar-refractivity contribution in [2.75, 3.05) is 16.2 Å². The van der Waals surface area contributed by atoms with Crippen LogP contribution in [0.2, 0.25) is 0 Å². The summed E-state index contributed by atoms with van der Waals surface area (Å²) >= 11 is 0. The second-order valence-corrected chi connectivity index (χ2v) is 12.1. The van der Waals surface area contributed by atoms with E-state index in [0.29, 0.717) is 28.2 Å². The number of nitrogens with zero attached hydrogens (tertiary/aromatic N) is 2. The van der Waals surface area contributed by atoms with Gasteiger partial charge in [-0.3, -0.25) is 13.9 Å². The first kappa shape index (κ1) is 30.2. The van der Waals surface area contributed by atoms with E-state index in [-0.39, 0.29) is 16.7 Å².